The van der Waals surface area contributed by atoms with Gasteiger partial charge in [0.2, 0.25) is 0 Å². The number of aromatic nitrogens is 2. The lowest BCUT2D eigenvalue weighted by Crippen LogP contribution is -2.36. The number of hydrogen-bond acceptors (Lipinski definition) is 4. The van der Waals surface area contributed by atoms with E-state index >= 15 is 0 Å². The zero-order valence-corrected chi connectivity index (χ0v) is 11.1. The van der Waals surface area contributed by atoms with Gasteiger partial charge in [0, 0.05) is 29.1 Å². The van der Waals surface area contributed by atoms with Crippen molar-refractivity contribution in [2.75, 3.05) is 13.2 Å². The second kappa shape index (κ2) is 6.06. The molecule has 0 spiro atoms. The molecule has 1 saturated heterocycles. The smallest absolute Gasteiger partial charge is 0.330 e. The Morgan fingerprint density at radius 1 is 1.57 bits per heavy atom. The van der Waals surface area contributed by atoms with Crippen LogP contribution in [0.25, 0.3) is 10.4 Å². The zero-order valence-electron chi connectivity index (χ0n) is 11.1. The number of rotatable bonds is 4. The third-order valence-corrected chi connectivity index (χ3v) is 3.40. The van der Waals surface area contributed by atoms with Gasteiger partial charge in [0.1, 0.15) is 6.67 Å². The van der Waals surface area contributed by atoms with Gasteiger partial charge in [-0.15, -0.1) is 0 Å². The molecular formula is C11H13F2N5O3. The molecule has 114 valence electrons. The van der Waals surface area contributed by atoms with Crippen LogP contribution >= 0.6 is 0 Å². The molecule has 0 amide bonds. The second-order valence-electron chi connectivity index (χ2n) is 4.72. The number of aryl methyl sites for hydroxylation is 1. The minimum atomic E-state index is -1.74. The van der Waals surface area contributed by atoms with E-state index in [-0.39, 0.29) is 12.1 Å². The summed E-state index contributed by atoms with van der Waals surface area (Å²) in [4.78, 5) is 27.6. The van der Waals surface area contributed by atoms with Gasteiger partial charge in [0.25, 0.3) is 5.56 Å². The topological polar surface area (TPSA) is 113 Å². The number of aromatic amines is 1. The molecule has 1 fully saturated rings. The Hall–Kier alpha value is -2.19. The number of nitrogens with one attached hydrogen (secondary N) is 1. The van der Waals surface area contributed by atoms with Crippen molar-refractivity contribution < 1.29 is 13.5 Å². The molecule has 0 bridgehead atoms. The number of azide groups is 1. The lowest BCUT2D eigenvalue weighted by Gasteiger charge is -2.16. The quantitative estimate of drug-likeness (QED) is 0.508. The molecule has 10 heteroatoms. The summed E-state index contributed by atoms with van der Waals surface area (Å²) < 4.78 is 33.4. The Morgan fingerprint density at radius 3 is 2.90 bits per heavy atom. The first-order valence-corrected chi connectivity index (χ1v) is 6.18. The normalized spacial score (nSPS) is 28.3. The average Bonchev–Trinajstić information content (AvgIpc) is 2.77. The van der Waals surface area contributed by atoms with Gasteiger partial charge in [-0.25, -0.2) is 13.6 Å². The molecule has 0 unspecified atom stereocenters. The van der Waals surface area contributed by atoms with E-state index in [2.05, 4.69) is 10.0 Å². The van der Waals surface area contributed by atoms with Crippen molar-refractivity contribution in [2.45, 2.75) is 25.4 Å². The van der Waals surface area contributed by atoms with Crippen LogP contribution in [0, 0.1) is 12.8 Å². The highest BCUT2D eigenvalue weighted by Crippen LogP contribution is 2.36. The Balaban J connectivity index is 2.37. The summed E-state index contributed by atoms with van der Waals surface area (Å²) in [6.45, 7) is 0.195. The standard InChI is InChI=1S/C11H13F2N5O3/c1-5-4-18(11(20)16-9(5)19)10-8(13)6(3-15-17-14)7(2-12)21-10/h4,6-8,10H,2-3H2,1H3,(H,16,19,20)/t6-,7-,8-,10-/m1/s1. The fourth-order valence-corrected chi connectivity index (χ4v) is 2.27. The minimum Gasteiger partial charge on any atom is -0.348 e. The van der Waals surface area contributed by atoms with Gasteiger partial charge in [-0.1, -0.05) is 5.11 Å². The van der Waals surface area contributed by atoms with Crippen LogP contribution in [0.4, 0.5) is 8.78 Å². The van der Waals surface area contributed by atoms with Crippen LogP contribution < -0.4 is 11.2 Å². The van der Waals surface area contributed by atoms with Crippen LogP contribution in [0.15, 0.2) is 20.9 Å². The maximum absolute atomic E-state index is 14.4. The van der Waals surface area contributed by atoms with Crippen LogP contribution in [0.5, 0.6) is 0 Å². The summed E-state index contributed by atoms with van der Waals surface area (Å²) in [5, 5.41) is 3.23. The summed E-state index contributed by atoms with van der Waals surface area (Å²) in [5.74, 6) is -0.991. The number of hydrogen-bond donors (Lipinski definition) is 1. The van der Waals surface area contributed by atoms with E-state index in [1.807, 2.05) is 4.98 Å². The van der Waals surface area contributed by atoms with E-state index in [1.54, 1.807) is 0 Å². The second-order valence-corrected chi connectivity index (χ2v) is 4.72. The van der Waals surface area contributed by atoms with Crippen molar-refractivity contribution in [3.8, 4) is 0 Å². The van der Waals surface area contributed by atoms with Crippen LogP contribution in [0.3, 0.4) is 0 Å². The third-order valence-electron chi connectivity index (χ3n) is 3.40. The molecule has 0 aliphatic carbocycles. The Morgan fingerprint density at radius 2 is 2.29 bits per heavy atom. The molecule has 0 saturated carbocycles. The molecule has 8 nitrogen and oxygen atoms in total. The van der Waals surface area contributed by atoms with Gasteiger partial charge < -0.3 is 4.74 Å². The van der Waals surface area contributed by atoms with Crippen LogP contribution in [0.2, 0.25) is 0 Å². The molecule has 1 aromatic heterocycles. The fraction of sp³-hybridized carbons (Fsp3) is 0.636. The molecule has 0 radical (unpaired) electrons. The van der Waals surface area contributed by atoms with Gasteiger partial charge in [0.05, 0.1) is 6.10 Å². The van der Waals surface area contributed by atoms with Crippen LogP contribution in [-0.2, 0) is 4.74 Å². The number of alkyl halides is 2. The number of H-pyrrole nitrogens is 1. The van der Waals surface area contributed by atoms with Crippen molar-refractivity contribution in [1.82, 2.24) is 9.55 Å². The van der Waals surface area contributed by atoms with E-state index < -0.39 is 42.3 Å². The van der Waals surface area contributed by atoms with E-state index in [9.17, 15) is 18.4 Å². The van der Waals surface area contributed by atoms with Gasteiger partial charge in [-0.05, 0) is 12.5 Å². The molecule has 4 atom stereocenters. The van der Waals surface area contributed by atoms with E-state index in [4.69, 9.17) is 10.3 Å². The van der Waals surface area contributed by atoms with Crippen molar-refractivity contribution >= 4 is 0 Å². The van der Waals surface area contributed by atoms with Crippen molar-refractivity contribution in [3.05, 3.63) is 43.0 Å². The average molecular weight is 301 g/mol. The van der Waals surface area contributed by atoms with Crippen LogP contribution in [-0.4, -0.2) is 35.0 Å². The monoisotopic (exact) mass is 301 g/mol. The first-order chi connectivity index (χ1) is 9.99. The molecule has 1 N–H and O–H groups in total. The lowest BCUT2D eigenvalue weighted by molar-refractivity contribution is -0.0307. The fourth-order valence-electron chi connectivity index (χ4n) is 2.27. The number of halogens is 2. The molecular weight excluding hydrogens is 288 g/mol. The Bertz CT molecular complexity index is 681. The minimum absolute atomic E-state index is 0.195. The predicted octanol–water partition coefficient (Wildman–Crippen LogP) is 0.977. The summed E-state index contributed by atoms with van der Waals surface area (Å²) >= 11 is 0. The van der Waals surface area contributed by atoms with E-state index in [0.29, 0.717) is 0 Å². The number of nitrogens with zero attached hydrogens (tertiary/aromatic N) is 4. The largest absolute Gasteiger partial charge is 0.348 e. The number of ether oxygens (including phenoxy) is 1. The predicted molar refractivity (Wildman–Crippen MR) is 68.3 cm³/mol. The van der Waals surface area contributed by atoms with Crippen molar-refractivity contribution in [3.63, 3.8) is 0 Å². The highest BCUT2D eigenvalue weighted by Gasteiger charge is 2.46. The molecule has 1 aliphatic rings. The van der Waals surface area contributed by atoms with Crippen LogP contribution in [0.1, 0.15) is 11.8 Å². The summed E-state index contributed by atoms with van der Waals surface area (Å²) in [7, 11) is 0. The molecule has 1 aromatic rings. The maximum Gasteiger partial charge on any atom is 0.330 e. The van der Waals surface area contributed by atoms with Crippen molar-refractivity contribution in [1.29, 1.82) is 0 Å². The SMILES string of the molecule is Cc1cn([C@@H]2O[C@H](CF)[C@@H](CN=[N+]=[N-])[C@H]2F)c(=O)[nH]c1=O. The highest BCUT2D eigenvalue weighted by atomic mass is 19.1. The highest BCUT2D eigenvalue weighted by molar-refractivity contribution is 5.03. The van der Waals surface area contributed by atoms with E-state index in [0.717, 1.165) is 10.8 Å². The van der Waals surface area contributed by atoms with Gasteiger partial charge >= 0.3 is 5.69 Å². The molecule has 2 rings (SSSR count). The first-order valence-electron chi connectivity index (χ1n) is 6.18. The lowest BCUT2D eigenvalue weighted by atomic mass is 10.00. The van der Waals surface area contributed by atoms with Gasteiger partial charge in [-0.2, -0.15) is 0 Å². The van der Waals surface area contributed by atoms with Crippen molar-refractivity contribution in [2.24, 2.45) is 11.0 Å². The Kier molecular flexibility index (Phi) is 4.39. The molecule has 0 aromatic carbocycles. The Labute approximate surface area is 117 Å². The first kappa shape index (κ1) is 15.2. The summed E-state index contributed by atoms with van der Waals surface area (Å²) in [6.07, 6.45) is -3.06. The van der Waals surface area contributed by atoms with E-state index in [1.165, 1.54) is 6.92 Å². The molecule has 1 aliphatic heterocycles. The summed E-state index contributed by atoms with van der Waals surface area (Å²) in [6, 6.07) is 0. The van der Waals surface area contributed by atoms with Gasteiger partial charge in [-0.3, -0.25) is 14.3 Å². The van der Waals surface area contributed by atoms with Gasteiger partial charge in [0.15, 0.2) is 12.4 Å². The zero-order chi connectivity index (χ0) is 15.6. The molecule has 21 heavy (non-hydrogen) atoms. The molecule has 2 heterocycles. The maximum atomic E-state index is 14.4. The third kappa shape index (κ3) is 2.81. The summed E-state index contributed by atoms with van der Waals surface area (Å²) in [5.41, 5.74) is 7.03.